The van der Waals surface area contributed by atoms with Gasteiger partial charge in [0.05, 0.1) is 0 Å². The highest BCUT2D eigenvalue weighted by Crippen LogP contribution is 2.14. The molecular weight excluding hydrogens is 234 g/mol. The molecule has 0 saturated heterocycles. The molecule has 1 aromatic carbocycles. The predicted molar refractivity (Wildman–Crippen MR) is 73.5 cm³/mol. The van der Waals surface area contributed by atoms with Crippen LogP contribution < -0.4 is 5.32 Å². The van der Waals surface area contributed by atoms with E-state index < -0.39 is 0 Å². The number of hydrogen-bond acceptors (Lipinski definition) is 1. The predicted octanol–water partition coefficient (Wildman–Crippen LogP) is 4.64. The molecule has 0 spiro atoms. The zero-order valence-corrected chi connectivity index (χ0v) is 11.1. The van der Waals surface area contributed by atoms with Crippen LogP contribution in [0.25, 0.3) is 0 Å². The molecule has 1 aromatic rings. The van der Waals surface area contributed by atoms with Crippen LogP contribution in [-0.2, 0) is 4.79 Å². The van der Waals surface area contributed by atoms with E-state index in [4.69, 9.17) is 11.6 Å². The Morgan fingerprint density at radius 1 is 1.12 bits per heavy atom. The van der Waals surface area contributed by atoms with E-state index in [0.29, 0.717) is 11.4 Å². The Balaban J connectivity index is 2.18. The van der Waals surface area contributed by atoms with E-state index in [1.54, 1.807) is 12.1 Å². The first-order chi connectivity index (χ1) is 8.22. The minimum atomic E-state index is 0.0869. The molecule has 0 bridgehead atoms. The van der Waals surface area contributed by atoms with Crippen molar-refractivity contribution in [2.75, 3.05) is 5.32 Å². The molecule has 0 aliphatic carbocycles. The van der Waals surface area contributed by atoms with Crippen LogP contribution in [0.15, 0.2) is 24.3 Å². The molecular formula is C14H20ClNO. The van der Waals surface area contributed by atoms with E-state index in [1.807, 2.05) is 12.1 Å². The average Bonchev–Trinajstić information content (AvgIpc) is 2.32. The zero-order chi connectivity index (χ0) is 12.5. The van der Waals surface area contributed by atoms with Gasteiger partial charge in [0.25, 0.3) is 0 Å². The molecule has 0 saturated carbocycles. The Morgan fingerprint density at radius 3 is 2.41 bits per heavy atom. The van der Waals surface area contributed by atoms with Crippen LogP contribution in [0.4, 0.5) is 5.69 Å². The summed E-state index contributed by atoms with van der Waals surface area (Å²) in [6.45, 7) is 2.19. The van der Waals surface area contributed by atoms with Gasteiger partial charge >= 0.3 is 0 Å². The lowest BCUT2D eigenvalue weighted by atomic mass is 10.1. The highest BCUT2D eigenvalue weighted by molar-refractivity contribution is 6.30. The first-order valence-electron chi connectivity index (χ1n) is 6.28. The fraction of sp³-hybridized carbons (Fsp3) is 0.500. The van der Waals surface area contributed by atoms with Gasteiger partial charge in [0.1, 0.15) is 0 Å². The summed E-state index contributed by atoms with van der Waals surface area (Å²) in [7, 11) is 0. The molecule has 1 amide bonds. The topological polar surface area (TPSA) is 29.1 Å². The number of nitrogens with one attached hydrogen (secondary N) is 1. The number of carbonyl (C=O) groups excluding carboxylic acids is 1. The monoisotopic (exact) mass is 253 g/mol. The molecule has 0 unspecified atom stereocenters. The second kappa shape index (κ2) is 8.13. The van der Waals surface area contributed by atoms with Gasteiger partial charge in [0, 0.05) is 17.1 Å². The second-order valence-corrected chi connectivity index (χ2v) is 4.66. The van der Waals surface area contributed by atoms with Crippen molar-refractivity contribution in [3.05, 3.63) is 29.3 Å². The zero-order valence-electron chi connectivity index (χ0n) is 10.3. The largest absolute Gasteiger partial charge is 0.326 e. The fourth-order valence-corrected chi connectivity index (χ4v) is 1.77. The quantitative estimate of drug-likeness (QED) is 0.705. The summed E-state index contributed by atoms with van der Waals surface area (Å²) >= 11 is 5.77. The van der Waals surface area contributed by atoms with Gasteiger partial charge in [-0.2, -0.15) is 0 Å². The maximum absolute atomic E-state index is 11.6. The lowest BCUT2D eigenvalue weighted by Gasteiger charge is -2.05. The first-order valence-corrected chi connectivity index (χ1v) is 6.65. The van der Waals surface area contributed by atoms with Crippen molar-refractivity contribution in [3.8, 4) is 0 Å². The number of anilines is 1. The van der Waals surface area contributed by atoms with E-state index >= 15 is 0 Å². The molecule has 0 fully saturated rings. The van der Waals surface area contributed by atoms with Gasteiger partial charge in [-0.3, -0.25) is 4.79 Å². The number of rotatable bonds is 7. The average molecular weight is 254 g/mol. The molecule has 0 heterocycles. The number of unbranched alkanes of at least 4 members (excludes halogenated alkanes) is 4. The van der Waals surface area contributed by atoms with E-state index in [2.05, 4.69) is 12.2 Å². The summed E-state index contributed by atoms with van der Waals surface area (Å²) < 4.78 is 0. The summed E-state index contributed by atoms with van der Waals surface area (Å²) in [5.74, 6) is 0.0869. The van der Waals surface area contributed by atoms with Crippen LogP contribution in [0.2, 0.25) is 5.02 Å². The van der Waals surface area contributed by atoms with Crippen LogP contribution in [0.1, 0.15) is 45.4 Å². The number of halogens is 1. The van der Waals surface area contributed by atoms with E-state index in [0.717, 1.165) is 18.5 Å². The highest BCUT2D eigenvalue weighted by Gasteiger charge is 2.01. The number of hydrogen-bond donors (Lipinski definition) is 1. The van der Waals surface area contributed by atoms with Gasteiger partial charge in [-0.25, -0.2) is 0 Å². The Kier molecular flexibility index (Phi) is 6.71. The van der Waals surface area contributed by atoms with Crippen molar-refractivity contribution in [1.29, 1.82) is 0 Å². The van der Waals surface area contributed by atoms with Crippen molar-refractivity contribution >= 4 is 23.2 Å². The summed E-state index contributed by atoms with van der Waals surface area (Å²) in [4.78, 5) is 11.6. The van der Waals surface area contributed by atoms with Crippen molar-refractivity contribution in [1.82, 2.24) is 0 Å². The molecule has 94 valence electrons. The standard InChI is InChI=1S/C14H20ClNO/c1-2-3-4-5-6-7-14(17)16-13-10-8-12(15)9-11-13/h8-11H,2-7H2,1H3,(H,16,17). The van der Waals surface area contributed by atoms with Gasteiger partial charge < -0.3 is 5.32 Å². The lowest BCUT2D eigenvalue weighted by molar-refractivity contribution is -0.116. The van der Waals surface area contributed by atoms with Gasteiger partial charge in [-0.1, -0.05) is 44.2 Å². The van der Waals surface area contributed by atoms with E-state index in [1.165, 1.54) is 19.3 Å². The highest BCUT2D eigenvalue weighted by atomic mass is 35.5. The maximum Gasteiger partial charge on any atom is 0.224 e. The van der Waals surface area contributed by atoms with E-state index in [-0.39, 0.29) is 5.91 Å². The van der Waals surface area contributed by atoms with Crippen molar-refractivity contribution in [3.63, 3.8) is 0 Å². The summed E-state index contributed by atoms with van der Waals surface area (Å²) in [5.41, 5.74) is 0.813. The van der Waals surface area contributed by atoms with Crippen LogP contribution in [0.5, 0.6) is 0 Å². The number of amides is 1. The smallest absolute Gasteiger partial charge is 0.224 e. The maximum atomic E-state index is 11.6. The minimum Gasteiger partial charge on any atom is -0.326 e. The van der Waals surface area contributed by atoms with Gasteiger partial charge in [0.15, 0.2) is 0 Å². The molecule has 0 radical (unpaired) electrons. The molecule has 0 atom stereocenters. The minimum absolute atomic E-state index is 0.0869. The number of benzene rings is 1. The third-order valence-corrected chi connectivity index (χ3v) is 2.89. The van der Waals surface area contributed by atoms with E-state index in [9.17, 15) is 4.79 Å². The third kappa shape index (κ3) is 6.32. The van der Waals surface area contributed by atoms with Gasteiger partial charge in [0.2, 0.25) is 5.91 Å². The number of carbonyl (C=O) groups is 1. The van der Waals surface area contributed by atoms with Crippen molar-refractivity contribution < 1.29 is 4.79 Å². The van der Waals surface area contributed by atoms with Crippen LogP contribution >= 0.6 is 11.6 Å². The molecule has 17 heavy (non-hydrogen) atoms. The third-order valence-electron chi connectivity index (χ3n) is 2.64. The summed E-state index contributed by atoms with van der Waals surface area (Å²) in [6, 6.07) is 7.19. The summed E-state index contributed by atoms with van der Waals surface area (Å²) in [5, 5.41) is 3.55. The Morgan fingerprint density at radius 2 is 1.76 bits per heavy atom. The molecule has 1 rings (SSSR count). The van der Waals surface area contributed by atoms with Crippen LogP contribution in [0.3, 0.4) is 0 Å². The Hall–Kier alpha value is -1.02. The normalized spacial score (nSPS) is 10.2. The lowest BCUT2D eigenvalue weighted by Crippen LogP contribution is -2.10. The SMILES string of the molecule is CCCCCCCC(=O)Nc1ccc(Cl)cc1. The molecule has 0 aliphatic heterocycles. The fourth-order valence-electron chi connectivity index (χ4n) is 1.65. The van der Waals surface area contributed by atoms with Gasteiger partial charge in [-0.15, -0.1) is 0 Å². The van der Waals surface area contributed by atoms with Crippen molar-refractivity contribution in [2.24, 2.45) is 0 Å². The molecule has 3 heteroatoms. The Labute approximate surface area is 108 Å². The second-order valence-electron chi connectivity index (χ2n) is 4.22. The molecule has 2 nitrogen and oxygen atoms in total. The molecule has 0 aliphatic rings. The Bertz CT molecular complexity index is 335. The molecule has 0 aromatic heterocycles. The van der Waals surface area contributed by atoms with Crippen molar-refractivity contribution in [2.45, 2.75) is 45.4 Å². The van der Waals surface area contributed by atoms with Gasteiger partial charge in [-0.05, 0) is 30.7 Å². The summed E-state index contributed by atoms with van der Waals surface area (Å²) in [6.07, 6.45) is 6.44. The van der Waals surface area contributed by atoms with Crippen LogP contribution in [0, 0.1) is 0 Å². The first kappa shape index (κ1) is 14.0. The molecule has 1 N–H and O–H groups in total. The van der Waals surface area contributed by atoms with Crippen LogP contribution in [-0.4, -0.2) is 5.91 Å².